The van der Waals surface area contributed by atoms with Crippen LogP contribution >= 0.6 is 0 Å². The van der Waals surface area contributed by atoms with Gasteiger partial charge in [-0.2, -0.15) is 5.10 Å². The van der Waals surface area contributed by atoms with Crippen LogP contribution in [-0.2, 0) is 4.74 Å². The van der Waals surface area contributed by atoms with Crippen molar-refractivity contribution in [2.45, 2.75) is 38.8 Å². The molecule has 4 rings (SSSR count). The first-order valence-electron chi connectivity index (χ1n) is 8.45. The lowest BCUT2D eigenvalue weighted by molar-refractivity contribution is -0.189. The van der Waals surface area contributed by atoms with E-state index in [1.54, 1.807) is 11.0 Å². The fraction of sp³-hybridized carbons (Fsp3) is 0.500. The van der Waals surface area contributed by atoms with E-state index in [1.807, 2.05) is 24.3 Å². The van der Waals surface area contributed by atoms with E-state index in [-0.39, 0.29) is 23.5 Å². The Kier molecular flexibility index (Phi) is 3.64. The molecule has 2 aromatic rings. The number of aromatic nitrogens is 3. The lowest BCUT2D eigenvalue weighted by Crippen LogP contribution is -2.70. The number of rotatable bonds is 3. The second-order valence-corrected chi connectivity index (χ2v) is 7.26. The monoisotopic (exact) mass is 326 g/mol. The van der Waals surface area contributed by atoms with Crippen LogP contribution in [-0.4, -0.2) is 39.4 Å². The van der Waals surface area contributed by atoms with Gasteiger partial charge in [-0.05, 0) is 31.0 Å². The Balaban J connectivity index is 1.51. The molecule has 6 heteroatoms. The Morgan fingerprint density at radius 1 is 1.42 bits per heavy atom. The third kappa shape index (κ3) is 2.41. The van der Waals surface area contributed by atoms with Crippen molar-refractivity contribution in [1.29, 1.82) is 0 Å². The third-order valence-corrected chi connectivity index (χ3v) is 5.41. The van der Waals surface area contributed by atoms with Gasteiger partial charge in [-0.3, -0.25) is 4.79 Å². The zero-order valence-corrected chi connectivity index (χ0v) is 14.0. The summed E-state index contributed by atoms with van der Waals surface area (Å²) in [5, 5.41) is 7.34. The van der Waals surface area contributed by atoms with E-state index in [0.29, 0.717) is 11.5 Å². The molecule has 1 saturated carbocycles. The Hall–Kier alpha value is -2.21. The number of hydrogen-bond acceptors (Lipinski definition) is 4. The molecule has 6 nitrogen and oxygen atoms in total. The van der Waals surface area contributed by atoms with Crippen molar-refractivity contribution in [2.24, 2.45) is 11.3 Å². The van der Waals surface area contributed by atoms with Crippen LogP contribution < -0.4 is 5.32 Å². The molecule has 0 bridgehead atoms. The number of fused-ring (bicyclic) bond motifs is 1. The quantitative estimate of drug-likeness (QED) is 0.939. The summed E-state index contributed by atoms with van der Waals surface area (Å²) < 4.78 is 7.56. The number of carbonyl (C=O) groups is 1. The molecule has 126 valence electrons. The Labute approximate surface area is 141 Å². The highest BCUT2D eigenvalue weighted by atomic mass is 16.5. The first-order chi connectivity index (χ1) is 11.6. The van der Waals surface area contributed by atoms with E-state index in [4.69, 9.17) is 4.74 Å². The molecule has 1 saturated heterocycles. The molecule has 1 aromatic heterocycles. The summed E-state index contributed by atoms with van der Waals surface area (Å²) in [7, 11) is 0. The van der Waals surface area contributed by atoms with Gasteiger partial charge in [-0.25, -0.2) is 9.67 Å². The van der Waals surface area contributed by atoms with Crippen LogP contribution in [0.25, 0.3) is 5.69 Å². The number of nitrogens with one attached hydrogen (secondary N) is 1. The van der Waals surface area contributed by atoms with Gasteiger partial charge in [-0.15, -0.1) is 0 Å². The van der Waals surface area contributed by atoms with Crippen molar-refractivity contribution in [1.82, 2.24) is 20.1 Å². The minimum absolute atomic E-state index is 0.0236. The molecule has 3 atom stereocenters. The normalized spacial score (nSPS) is 27.8. The Bertz CT molecular complexity index is 741. The van der Waals surface area contributed by atoms with E-state index in [1.165, 1.54) is 6.33 Å². The molecule has 0 spiro atoms. The van der Waals surface area contributed by atoms with Crippen LogP contribution in [0.15, 0.2) is 36.9 Å². The molecule has 1 amide bonds. The second kappa shape index (κ2) is 5.70. The molecule has 2 aliphatic rings. The van der Waals surface area contributed by atoms with Gasteiger partial charge < -0.3 is 10.1 Å². The second-order valence-electron chi connectivity index (χ2n) is 7.26. The first-order valence-corrected chi connectivity index (χ1v) is 8.45. The molecule has 2 heterocycles. The van der Waals surface area contributed by atoms with Crippen molar-refractivity contribution in [3.63, 3.8) is 0 Å². The molecule has 1 aromatic carbocycles. The highest BCUT2D eigenvalue weighted by Crippen LogP contribution is 2.51. The highest BCUT2D eigenvalue weighted by molar-refractivity contribution is 5.95. The van der Waals surface area contributed by atoms with E-state index < -0.39 is 0 Å². The fourth-order valence-corrected chi connectivity index (χ4v) is 4.17. The summed E-state index contributed by atoms with van der Waals surface area (Å²) in [5.74, 6) is 0.385. The van der Waals surface area contributed by atoms with Gasteiger partial charge in [0.25, 0.3) is 5.91 Å². The lowest BCUT2D eigenvalue weighted by Gasteiger charge is -2.59. The summed E-state index contributed by atoms with van der Waals surface area (Å²) in [6.45, 7) is 5.19. The molecule has 1 aliphatic carbocycles. The van der Waals surface area contributed by atoms with Gasteiger partial charge in [0.05, 0.1) is 11.8 Å². The zero-order valence-electron chi connectivity index (χ0n) is 14.0. The summed E-state index contributed by atoms with van der Waals surface area (Å²) in [6.07, 6.45) is 5.56. The molecular formula is C18H22N4O2. The lowest BCUT2D eigenvalue weighted by atomic mass is 9.55. The van der Waals surface area contributed by atoms with Crippen molar-refractivity contribution in [3.8, 4) is 5.69 Å². The molecular weight excluding hydrogens is 304 g/mol. The largest absolute Gasteiger partial charge is 0.377 e. The third-order valence-electron chi connectivity index (χ3n) is 5.41. The summed E-state index contributed by atoms with van der Waals surface area (Å²) >= 11 is 0. The molecule has 0 unspecified atom stereocenters. The van der Waals surface area contributed by atoms with Crippen LogP contribution in [0.2, 0.25) is 0 Å². The van der Waals surface area contributed by atoms with Crippen molar-refractivity contribution in [2.75, 3.05) is 6.61 Å². The average Bonchev–Trinajstić information content (AvgIpc) is 3.14. The summed E-state index contributed by atoms with van der Waals surface area (Å²) in [4.78, 5) is 16.7. The SMILES string of the molecule is CC1(C)[C@H](NC(=O)c2cccc(-n3cncn3)c2)[C@@H]2CCCO[C@@H]21. The molecule has 24 heavy (non-hydrogen) atoms. The van der Waals surface area contributed by atoms with Gasteiger partial charge in [0, 0.05) is 29.5 Å². The number of ether oxygens (including phenoxy) is 1. The number of benzene rings is 1. The van der Waals surface area contributed by atoms with Gasteiger partial charge in [-0.1, -0.05) is 19.9 Å². The van der Waals surface area contributed by atoms with Gasteiger partial charge in [0.1, 0.15) is 12.7 Å². The predicted octanol–water partition coefficient (Wildman–Crippen LogP) is 2.20. The number of hydrogen-bond donors (Lipinski definition) is 1. The van der Waals surface area contributed by atoms with E-state index in [9.17, 15) is 4.79 Å². The Morgan fingerprint density at radius 2 is 2.29 bits per heavy atom. The molecule has 2 fully saturated rings. The minimum Gasteiger partial charge on any atom is -0.377 e. The standard InChI is InChI=1S/C18H22N4O2/c1-18(2)15(14-7-4-8-24-16(14)18)21-17(23)12-5-3-6-13(9-12)22-11-19-10-20-22/h3,5-6,9-11,14-16H,4,7-8H2,1-2H3,(H,21,23)/t14-,15+,16-/m0/s1. The van der Waals surface area contributed by atoms with E-state index >= 15 is 0 Å². The average molecular weight is 326 g/mol. The van der Waals surface area contributed by atoms with Crippen LogP contribution in [0.5, 0.6) is 0 Å². The molecule has 0 radical (unpaired) electrons. The molecule has 1 N–H and O–H groups in total. The maximum atomic E-state index is 12.7. The van der Waals surface area contributed by atoms with Gasteiger partial charge in [0.15, 0.2) is 0 Å². The van der Waals surface area contributed by atoms with Crippen LogP contribution in [0, 0.1) is 11.3 Å². The van der Waals surface area contributed by atoms with Crippen LogP contribution in [0.3, 0.4) is 0 Å². The summed E-state index contributed by atoms with van der Waals surface area (Å²) in [6, 6.07) is 7.60. The van der Waals surface area contributed by atoms with Gasteiger partial charge >= 0.3 is 0 Å². The number of carbonyl (C=O) groups excluding carboxylic acids is 1. The minimum atomic E-state index is -0.0425. The maximum absolute atomic E-state index is 12.7. The Morgan fingerprint density at radius 3 is 3.08 bits per heavy atom. The fourth-order valence-electron chi connectivity index (χ4n) is 4.17. The highest BCUT2D eigenvalue weighted by Gasteiger charge is 2.58. The van der Waals surface area contributed by atoms with E-state index in [2.05, 4.69) is 29.2 Å². The number of amides is 1. The topological polar surface area (TPSA) is 69.0 Å². The van der Waals surface area contributed by atoms with Crippen molar-refractivity contribution < 1.29 is 9.53 Å². The zero-order chi connectivity index (χ0) is 16.7. The van der Waals surface area contributed by atoms with Crippen molar-refractivity contribution >= 4 is 5.91 Å². The van der Waals surface area contributed by atoms with E-state index in [0.717, 1.165) is 25.1 Å². The van der Waals surface area contributed by atoms with Crippen LogP contribution in [0.1, 0.15) is 37.0 Å². The molecule has 1 aliphatic heterocycles. The smallest absolute Gasteiger partial charge is 0.251 e. The first kappa shape index (κ1) is 15.3. The van der Waals surface area contributed by atoms with Gasteiger partial charge in [0.2, 0.25) is 0 Å². The summed E-state index contributed by atoms with van der Waals surface area (Å²) in [5.41, 5.74) is 1.44. The van der Waals surface area contributed by atoms with Crippen LogP contribution in [0.4, 0.5) is 0 Å². The van der Waals surface area contributed by atoms with Crippen molar-refractivity contribution in [3.05, 3.63) is 42.5 Å². The predicted molar refractivity (Wildman–Crippen MR) is 88.9 cm³/mol. The number of nitrogens with zero attached hydrogens (tertiary/aromatic N) is 3. The maximum Gasteiger partial charge on any atom is 0.251 e.